The lowest BCUT2D eigenvalue weighted by atomic mass is 9.50. The van der Waals surface area contributed by atoms with Crippen LogP contribution in [0, 0.1) is 0 Å². The van der Waals surface area contributed by atoms with E-state index in [4.69, 9.17) is 23.7 Å². The van der Waals surface area contributed by atoms with E-state index in [2.05, 4.69) is 4.90 Å². The molecule has 230 valence electrons. The second-order valence-electron chi connectivity index (χ2n) is 10.6. The lowest BCUT2D eigenvalue weighted by molar-refractivity contribution is -0.175. The molecule has 0 amide bonds. The lowest BCUT2D eigenvalue weighted by Crippen LogP contribution is -2.74. The molecule has 1 saturated heterocycles. The number of piperidine rings is 1. The number of esters is 2. The summed E-state index contributed by atoms with van der Waals surface area (Å²) < 4.78 is 53.5. The van der Waals surface area contributed by atoms with Gasteiger partial charge in [-0.25, -0.2) is 9.59 Å². The van der Waals surface area contributed by atoms with E-state index in [0.29, 0.717) is 30.9 Å². The summed E-state index contributed by atoms with van der Waals surface area (Å²) in [5.74, 6) is -2.45. The van der Waals surface area contributed by atoms with Gasteiger partial charge in [0.05, 0.1) is 24.5 Å². The standard InChI is InChI=1S/C25H29NO10.C2HF3O/c1-12(27)23(31)35-16(22(29)30)11-18(28)34-15-6-7-25(32)17-10-13-4-5-14(33-3)20-19(13)24(25,21(15)36-20)8-9-26(17)2;3-2(4,5)1-6/h4-6,12,16-17,21,27,32H,7-11H2,1-3H3,(H,29,30);1H/t12-,16-,17+,21-,24-,25+;/m0./s1. The lowest BCUT2D eigenvalue weighted by Gasteiger charge is -2.61. The molecular formula is C27H30F3NO11. The molecule has 5 rings (SSSR count). The largest absolute Gasteiger partial charge is 0.493 e. The Kier molecular flexibility index (Phi) is 8.32. The number of carbonyl (C=O) groups is 4. The Balaban J connectivity index is 0.000000612. The van der Waals surface area contributed by atoms with E-state index in [1.165, 1.54) is 7.11 Å². The van der Waals surface area contributed by atoms with Gasteiger partial charge in [-0.1, -0.05) is 6.07 Å². The number of likely N-dealkylation sites (tertiary alicyclic amines) is 1. The monoisotopic (exact) mass is 601 g/mol. The van der Waals surface area contributed by atoms with Crippen molar-refractivity contribution in [2.75, 3.05) is 20.7 Å². The molecule has 0 aromatic heterocycles. The minimum absolute atomic E-state index is 0.171. The molecular weight excluding hydrogens is 571 g/mol. The smallest absolute Gasteiger partial charge is 0.446 e. The van der Waals surface area contributed by atoms with Gasteiger partial charge in [-0.05, 0) is 51.1 Å². The van der Waals surface area contributed by atoms with Crippen LogP contribution >= 0.6 is 0 Å². The molecule has 15 heteroatoms. The molecule has 0 radical (unpaired) electrons. The van der Waals surface area contributed by atoms with E-state index in [1.54, 1.807) is 6.08 Å². The quantitative estimate of drug-likeness (QED) is 0.300. The number of ether oxygens (including phenoxy) is 4. The first kappa shape index (κ1) is 31.3. The number of halogens is 3. The average Bonchev–Trinajstić information content (AvgIpc) is 3.27. The van der Waals surface area contributed by atoms with Gasteiger partial charge in [-0.15, -0.1) is 0 Å². The van der Waals surface area contributed by atoms with Gasteiger partial charge < -0.3 is 39.2 Å². The normalized spacial score (nSPS) is 28.4. The predicted octanol–water partition coefficient (Wildman–Crippen LogP) is 1.03. The number of carboxylic acid groups (broad SMARTS) is 1. The van der Waals surface area contributed by atoms with Gasteiger partial charge in [0.2, 0.25) is 12.4 Å². The van der Waals surface area contributed by atoms with Crippen LogP contribution in [0.3, 0.4) is 0 Å². The molecule has 1 fully saturated rings. The first-order valence-corrected chi connectivity index (χ1v) is 12.9. The van der Waals surface area contributed by atoms with Crippen LogP contribution in [0.2, 0.25) is 0 Å². The summed E-state index contributed by atoms with van der Waals surface area (Å²) in [7, 11) is 3.51. The van der Waals surface area contributed by atoms with E-state index < -0.39 is 66.1 Å². The van der Waals surface area contributed by atoms with Gasteiger partial charge in [-0.2, -0.15) is 13.2 Å². The molecule has 1 aromatic rings. The summed E-state index contributed by atoms with van der Waals surface area (Å²) >= 11 is 0. The Bertz CT molecular complexity index is 1310. The van der Waals surface area contributed by atoms with Crippen molar-refractivity contribution in [2.45, 2.75) is 74.2 Å². The van der Waals surface area contributed by atoms with Crippen LogP contribution in [0.25, 0.3) is 0 Å². The zero-order chi connectivity index (χ0) is 31.2. The summed E-state index contributed by atoms with van der Waals surface area (Å²) in [6.45, 7) is 1.82. The molecule has 2 aliphatic heterocycles. The number of aliphatic carboxylic acids is 1. The molecule has 1 aromatic carbocycles. The van der Waals surface area contributed by atoms with E-state index in [1.807, 2.05) is 19.2 Å². The molecule has 0 saturated carbocycles. The number of rotatable bonds is 7. The predicted molar refractivity (Wildman–Crippen MR) is 134 cm³/mol. The number of aliphatic hydroxyl groups excluding tert-OH is 1. The molecule has 6 atom stereocenters. The average molecular weight is 602 g/mol. The number of likely N-dealkylation sites (N-methyl/N-ethyl adjacent to an activating group) is 1. The SMILES string of the molecule is COc1ccc2c3c1O[C@H]1C(OC(=O)C[C@H](OC(=O)[C@H](C)O)C(=O)O)=CC[C@@]4(O)[C@@H](C2)N(C)CC[C@]314.O=CC(F)(F)F. The molecule has 4 aliphatic rings. The summed E-state index contributed by atoms with van der Waals surface area (Å²) in [4.78, 5) is 46.8. The maximum Gasteiger partial charge on any atom is 0.446 e. The van der Waals surface area contributed by atoms with E-state index in [9.17, 15) is 42.9 Å². The van der Waals surface area contributed by atoms with Crippen molar-refractivity contribution in [1.29, 1.82) is 0 Å². The first-order valence-electron chi connectivity index (χ1n) is 12.9. The Morgan fingerprint density at radius 1 is 1.29 bits per heavy atom. The number of hydrogen-bond acceptors (Lipinski definition) is 11. The number of methoxy groups -OCH3 is 1. The molecule has 2 heterocycles. The second kappa shape index (κ2) is 11.2. The highest BCUT2D eigenvalue weighted by Gasteiger charge is 2.72. The van der Waals surface area contributed by atoms with Crippen LogP contribution in [-0.4, -0.2) is 101 Å². The zero-order valence-electron chi connectivity index (χ0n) is 22.8. The number of hydrogen-bond donors (Lipinski definition) is 3. The van der Waals surface area contributed by atoms with Gasteiger partial charge in [0, 0.05) is 18.0 Å². The second-order valence-corrected chi connectivity index (χ2v) is 10.6. The number of carboxylic acids is 1. The van der Waals surface area contributed by atoms with Gasteiger partial charge in [0.15, 0.2) is 17.6 Å². The minimum Gasteiger partial charge on any atom is -0.493 e. The van der Waals surface area contributed by atoms with Crippen molar-refractivity contribution in [3.8, 4) is 11.5 Å². The van der Waals surface area contributed by atoms with E-state index >= 15 is 0 Å². The number of nitrogens with zero attached hydrogens (tertiary/aromatic N) is 1. The fraction of sp³-hybridized carbons (Fsp3) is 0.556. The number of benzene rings is 1. The highest BCUT2D eigenvalue weighted by Crippen LogP contribution is 2.65. The van der Waals surface area contributed by atoms with Crippen LogP contribution in [0.5, 0.6) is 11.5 Å². The Hall–Kier alpha value is -3.69. The highest BCUT2D eigenvalue weighted by molar-refractivity contribution is 5.84. The zero-order valence-corrected chi connectivity index (χ0v) is 22.8. The topological polar surface area (TPSA) is 169 Å². The molecule has 2 aliphatic carbocycles. The number of carbonyl (C=O) groups excluding carboxylic acids is 3. The third kappa shape index (κ3) is 5.20. The molecule has 1 spiro atoms. The summed E-state index contributed by atoms with van der Waals surface area (Å²) in [5.41, 5.74) is -0.147. The Morgan fingerprint density at radius 2 is 1.95 bits per heavy atom. The first-order chi connectivity index (χ1) is 19.6. The van der Waals surface area contributed by atoms with Crippen molar-refractivity contribution < 1.29 is 66.6 Å². The maximum atomic E-state index is 12.8. The fourth-order valence-electron chi connectivity index (χ4n) is 6.33. The van der Waals surface area contributed by atoms with Crippen LogP contribution in [-0.2, 0) is 40.5 Å². The number of alkyl halides is 3. The van der Waals surface area contributed by atoms with Crippen molar-refractivity contribution in [3.63, 3.8) is 0 Å². The Morgan fingerprint density at radius 3 is 2.52 bits per heavy atom. The molecule has 12 nitrogen and oxygen atoms in total. The van der Waals surface area contributed by atoms with Crippen LogP contribution in [0.4, 0.5) is 13.2 Å². The molecule has 0 unspecified atom stereocenters. The van der Waals surface area contributed by atoms with Gasteiger partial charge >= 0.3 is 24.1 Å². The fourth-order valence-corrected chi connectivity index (χ4v) is 6.33. The van der Waals surface area contributed by atoms with Crippen LogP contribution < -0.4 is 9.47 Å². The highest BCUT2D eigenvalue weighted by atomic mass is 19.4. The molecule has 2 bridgehead atoms. The van der Waals surface area contributed by atoms with Gasteiger partial charge in [-0.3, -0.25) is 9.59 Å². The Labute approximate surface area is 237 Å². The summed E-state index contributed by atoms with van der Waals surface area (Å²) in [5, 5.41) is 30.8. The van der Waals surface area contributed by atoms with Crippen molar-refractivity contribution >= 4 is 24.2 Å². The third-order valence-corrected chi connectivity index (χ3v) is 8.15. The van der Waals surface area contributed by atoms with Crippen LogP contribution in [0.15, 0.2) is 24.0 Å². The minimum atomic E-state index is -4.64. The summed E-state index contributed by atoms with van der Waals surface area (Å²) in [6.07, 6.45) is -7.65. The number of aliphatic hydroxyl groups is 2. The van der Waals surface area contributed by atoms with Crippen molar-refractivity contribution in [2.24, 2.45) is 0 Å². The third-order valence-electron chi connectivity index (χ3n) is 8.15. The van der Waals surface area contributed by atoms with Gasteiger partial charge in [0.25, 0.3) is 0 Å². The maximum absolute atomic E-state index is 12.8. The molecule has 3 N–H and O–H groups in total. The van der Waals surface area contributed by atoms with Crippen LogP contribution in [0.1, 0.15) is 37.3 Å². The summed E-state index contributed by atoms with van der Waals surface area (Å²) in [6, 6.07) is 3.63. The van der Waals surface area contributed by atoms with Gasteiger partial charge in [0.1, 0.15) is 11.9 Å². The van der Waals surface area contributed by atoms with Crippen molar-refractivity contribution in [1.82, 2.24) is 4.90 Å². The molecule has 42 heavy (non-hydrogen) atoms. The van der Waals surface area contributed by atoms with E-state index in [0.717, 1.165) is 18.1 Å². The number of aldehydes is 1. The van der Waals surface area contributed by atoms with Crippen molar-refractivity contribution in [3.05, 3.63) is 35.1 Å². The van der Waals surface area contributed by atoms with E-state index in [-0.39, 0.29) is 18.2 Å².